The Morgan fingerprint density at radius 2 is 2.13 bits per heavy atom. The Morgan fingerprint density at radius 1 is 1.53 bits per heavy atom. The molecule has 1 aromatic rings. The van der Waals surface area contributed by atoms with Crippen LogP contribution in [0, 0.1) is 6.92 Å². The summed E-state index contributed by atoms with van der Waals surface area (Å²) in [5, 5.41) is 6.72. The van der Waals surface area contributed by atoms with Crippen molar-refractivity contribution in [2.24, 2.45) is 7.05 Å². The molecule has 6 heteroatoms. The van der Waals surface area contributed by atoms with E-state index in [1.165, 1.54) is 13.1 Å². The fourth-order valence-electron chi connectivity index (χ4n) is 1.30. The molecule has 0 aliphatic heterocycles. The van der Waals surface area contributed by atoms with Crippen LogP contribution in [0.15, 0.2) is 6.20 Å². The van der Waals surface area contributed by atoms with Crippen molar-refractivity contribution in [2.75, 3.05) is 5.32 Å². The molecule has 0 aliphatic rings. The molecule has 1 N–H and O–H groups in total. The molecule has 1 atom stereocenters. The third-order valence-electron chi connectivity index (χ3n) is 2.17. The van der Waals surface area contributed by atoms with E-state index in [1.807, 2.05) is 0 Å². The van der Waals surface area contributed by atoms with E-state index in [1.54, 1.807) is 18.7 Å². The molecule has 0 radical (unpaired) electrons. The molecule has 0 aromatic carbocycles. The number of rotatable bonds is 3. The molecule has 1 aromatic heterocycles. The van der Waals surface area contributed by atoms with Gasteiger partial charge in [-0.1, -0.05) is 0 Å². The second kappa shape index (κ2) is 4.12. The predicted molar refractivity (Wildman–Crippen MR) is 51.7 cm³/mol. The van der Waals surface area contributed by atoms with Crippen molar-refractivity contribution in [3.63, 3.8) is 0 Å². The van der Waals surface area contributed by atoms with Gasteiger partial charge in [-0.15, -0.1) is 0 Å². The van der Waals surface area contributed by atoms with Crippen LogP contribution < -0.4 is 5.32 Å². The summed E-state index contributed by atoms with van der Waals surface area (Å²) in [6, 6.07) is -0.645. The van der Waals surface area contributed by atoms with Crippen LogP contribution in [0.25, 0.3) is 0 Å². The zero-order chi connectivity index (χ0) is 11.6. The number of hydrogen-bond donors (Lipinski definition) is 1. The molecule has 3 nitrogen and oxygen atoms in total. The standard InChI is InChI=1S/C9H14F3N3/c1-6(4-9(10,11)12)14-8-5-13-15(3)7(8)2/h5-6,14H,4H2,1-3H3. The van der Waals surface area contributed by atoms with Gasteiger partial charge in [-0.3, -0.25) is 4.68 Å². The first-order valence-electron chi connectivity index (χ1n) is 4.61. The van der Waals surface area contributed by atoms with Gasteiger partial charge in [-0.25, -0.2) is 0 Å². The lowest BCUT2D eigenvalue weighted by Crippen LogP contribution is -2.24. The Labute approximate surface area is 86.3 Å². The molecule has 0 bridgehead atoms. The summed E-state index contributed by atoms with van der Waals surface area (Å²) in [4.78, 5) is 0. The molecular formula is C9H14F3N3. The number of alkyl halides is 3. The van der Waals surface area contributed by atoms with Gasteiger partial charge < -0.3 is 5.32 Å². The zero-order valence-corrected chi connectivity index (χ0v) is 8.89. The van der Waals surface area contributed by atoms with Crippen LogP contribution in [0.5, 0.6) is 0 Å². The highest BCUT2D eigenvalue weighted by Gasteiger charge is 2.30. The summed E-state index contributed by atoms with van der Waals surface area (Å²) in [6.45, 7) is 3.30. The first-order valence-corrected chi connectivity index (χ1v) is 4.61. The van der Waals surface area contributed by atoms with Crippen LogP contribution in [0.2, 0.25) is 0 Å². The fraction of sp³-hybridized carbons (Fsp3) is 0.667. The molecular weight excluding hydrogens is 207 g/mol. The van der Waals surface area contributed by atoms with Crippen molar-refractivity contribution in [1.29, 1.82) is 0 Å². The third-order valence-corrected chi connectivity index (χ3v) is 2.17. The van der Waals surface area contributed by atoms with Crippen molar-refractivity contribution < 1.29 is 13.2 Å². The Balaban J connectivity index is 2.59. The van der Waals surface area contributed by atoms with Crippen LogP contribution in [0.4, 0.5) is 18.9 Å². The fourth-order valence-corrected chi connectivity index (χ4v) is 1.30. The van der Waals surface area contributed by atoms with Gasteiger partial charge in [0.15, 0.2) is 0 Å². The molecule has 1 rings (SSSR count). The van der Waals surface area contributed by atoms with Crippen molar-refractivity contribution >= 4 is 5.69 Å². The van der Waals surface area contributed by atoms with Gasteiger partial charge in [-0.05, 0) is 13.8 Å². The van der Waals surface area contributed by atoms with E-state index in [0.717, 1.165) is 5.69 Å². The van der Waals surface area contributed by atoms with Crippen molar-refractivity contribution in [1.82, 2.24) is 9.78 Å². The maximum atomic E-state index is 12.1. The largest absolute Gasteiger partial charge is 0.391 e. The number of halogens is 3. The lowest BCUT2D eigenvalue weighted by molar-refractivity contribution is -0.136. The van der Waals surface area contributed by atoms with Crippen LogP contribution >= 0.6 is 0 Å². The first kappa shape index (κ1) is 11.9. The van der Waals surface area contributed by atoms with Gasteiger partial charge in [0.25, 0.3) is 0 Å². The SMILES string of the molecule is Cc1c(NC(C)CC(F)(F)F)cnn1C. The molecule has 0 fully saturated rings. The van der Waals surface area contributed by atoms with Gasteiger partial charge in [0.1, 0.15) is 0 Å². The van der Waals surface area contributed by atoms with E-state index >= 15 is 0 Å². The van der Waals surface area contributed by atoms with Gasteiger partial charge in [-0.2, -0.15) is 18.3 Å². The van der Waals surface area contributed by atoms with E-state index in [-0.39, 0.29) is 0 Å². The minimum atomic E-state index is -4.14. The maximum absolute atomic E-state index is 12.1. The zero-order valence-electron chi connectivity index (χ0n) is 8.89. The highest BCUT2D eigenvalue weighted by Crippen LogP contribution is 2.23. The van der Waals surface area contributed by atoms with Gasteiger partial charge >= 0.3 is 6.18 Å². The van der Waals surface area contributed by atoms with E-state index in [2.05, 4.69) is 10.4 Å². The molecule has 15 heavy (non-hydrogen) atoms. The topological polar surface area (TPSA) is 29.9 Å². The van der Waals surface area contributed by atoms with E-state index in [9.17, 15) is 13.2 Å². The number of aryl methyl sites for hydroxylation is 1. The molecule has 0 saturated carbocycles. The Bertz CT molecular complexity index is 330. The summed E-state index contributed by atoms with van der Waals surface area (Å²) in [5.74, 6) is 0. The van der Waals surface area contributed by atoms with E-state index in [4.69, 9.17) is 0 Å². The lowest BCUT2D eigenvalue weighted by atomic mass is 10.2. The van der Waals surface area contributed by atoms with Crippen LogP contribution in [-0.4, -0.2) is 22.0 Å². The number of hydrogen-bond acceptors (Lipinski definition) is 2. The number of nitrogens with zero attached hydrogens (tertiary/aromatic N) is 2. The highest BCUT2D eigenvalue weighted by molar-refractivity contribution is 5.46. The molecule has 0 aliphatic carbocycles. The average molecular weight is 221 g/mol. The van der Waals surface area contributed by atoms with E-state index < -0.39 is 18.6 Å². The monoisotopic (exact) mass is 221 g/mol. The minimum absolute atomic E-state index is 0.645. The summed E-state index contributed by atoms with van der Waals surface area (Å²) >= 11 is 0. The smallest absolute Gasteiger partial charge is 0.379 e. The Morgan fingerprint density at radius 3 is 2.53 bits per heavy atom. The van der Waals surface area contributed by atoms with Crippen LogP contribution in [0.1, 0.15) is 19.0 Å². The highest BCUT2D eigenvalue weighted by atomic mass is 19.4. The molecule has 86 valence electrons. The second-order valence-electron chi connectivity index (χ2n) is 3.63. The summed E-state index contributed by atoms with van der Waals surface area (Å²) in [7, 11) is 1.74. The van der Waals surface area contributed by atoms with Crippen molar-refractivity contribution in [3.8, 4) is 0 Å². The van der Waals surface area contributed by atoms with Gasteiger partial charge in [0.05, 0.1) is 24.0 Å². The van der Waals surface area contributed by atoms with Crippen LogP contribution in [0.3, 0.4) is 0 Å². The molecule has 0 saturated heterocycles. The predicted octanol–water partition coefficient (Wildman–Crippen LogP) is 2.48. The molecule has 1 heterocycles. The minimum Gasteiger partial charge on any atom is -0.379 e. The quantitative estimate of drug-likeness (QED) is 0.849. The average Bonchev–Trinajstić information content (AvgIpc) is 2.32. The molecule has 0 spiro atoms. The summed E-state index contributed by atoms with van der Waals surface area (Å²) in [6.07, 6.45) is -3.45. The number of nitrogens with one attached hydrogen (secondary N) is 1. The van der Waals surface area contributed by atoms with Crippen LogP contribution in [-0.2, 0) is 7.05 Å². The Kier molecular flexibility index (Phi) is 3.26. The number of aromatic nitrogens is 2. The lowest BCUT2D eigenvalue weighted by Gasteiger charge is -2.16. The maximum Gasteiger partial charge on any atom is 0.391 e. The third kappa shape index (κ3) is 3.45. The summed E-state index contributed by atoms with van der Waals surface area (Å²) < 4.78 is 37.8. The normalized spacial score (nSPS) is 14.0. The second-order valence-corrected chi connectivity index (χ2v) is 3.63. The first-order chi connectivity index (χ1) is 6.79. The van der Waals surface area contributed by atoms with Gasteiger partial charge in [0, 0.05) is 13.1 Å². The van der Waals surface area contributed by atoms with E-state index in [0.29, 0.717) is 5.69 Å². The van der Waals surface area contributed by atoms with Crippen molar-refractivity contribution in [2.45, 2.75) is 32.5 Å². The Hall–Kier alpha value is -1.20. The summed E-state index contributed by atoms with van der Waals surface area (Å²) in [5.41, 5.74) is 1.47. The number of anilines is 1. The molecule has 1 unspecified atom stereocenters. The van der Waals surface area contributed by atoms with Crippen molar-refractivity contribution in [3.05, 3.63) is 11.9 Å². The molecule has 0 amide bonds. The van der Waals surface area contributed by atoms with Gasteiger partial charge in [0.2, 0.25) is 0 Å².